The van der Waals surface area contributed by atoms with Gasteiger partial charge in [-0.05, 0) is 28.1 Å². The zero-order valence-corrected chi connectivity index (χ0v) is 12.7. The number of hydrogen-bond acceptors (Lipinski definition) is 4. The number of hydrogen-bond donors (Lipinski definition) is 1. The molecule has 2 aromatic rings. The van der Waals surface area contributed by atoms with E-state index in [0.29, 0.717) is 21.5 Å². The molecule has 0 atom stereocenters. The van der Waals surface area contributed by atoms with Gasteiger partial charge in [-0.15, -0.1) is 0 Å². The molecule has 0 bridgehead atoms. The van der Waals surface area contributed by atoms with E-state index in [4.69, 9.17) is 4.74 Å². The minimum Gasteiger partial charge on any atom is -0.489 e. The molecule has 0 saturated carbocycles. The number of ether oxygens (including phenoxy) is 1. The fourth-order valence-corrected chi connectivity index (χ4v) is 2.12. The van der Waals surface area contributed by atoms with E-state index >= 15 is 0 Å². The van der Waals surface area contributed by atoms with E-state index in [1.165, 1.54) is 18.2 Å². The van der Waals surface area contributed by atoms with Crippen molar-refractivity contribution in [3.05, 3.63) is 62.4 Å². The summed E-state index contributed by atoms with van der Waals surface area (Å²) in [6.45, 7) is 0.0962. The summed E-state index contributed by atoms with van der Waals surface area (Å²) in [5, 5.41) is 13.8. The molecule has 1 N–H and O–H groups in total. The van der Waals surface area contributed by atoms with Crippen LogP contribution >= 0.6 is 15.9 Å². The third-order valence-corrected chi connectivity index (χ3v) is 3.50. The smallest absolute Gasteiger partial charge is 0.292 e. The summed E-state index contributed by atoms with van der Waals surface area (Å²) in [4.78, 5) is 10.5. The number of anilines is 1. The fourth-order valence-electron chi connectivity index (χ4n) is 1.88. The molecule has 0 aliphatic carbocycles. The SMILES string of the molecule is CNc1c(COc2ccc(Br)c(F)c2)cccc1[N+](=O)[O-]. The van der Waals surface area contributed by atoms with Crippen LogP contribution in [0.25, 0.3) is 0 Å². The van der Waals surface area contributed by atoms with Crippen molar-refractivity contribution in [2.45, 2.75) is 6.61 Å². The Kier molecular flexibility index (Phi) is 4.74. The number of para-hydroxylation sites is 1. The molecule has 0 aliphatic rings. The minimum absolute atomic E-state index is 0.0272. The van der Waals surface area contributed by atoms with E-state index in [1.807, 2.05) is 0 Å². The van der Waals surface area contributed by atoms with Crippen LogP contribution in [0.2, 0.25) is 0 Å². The maximum absolute atomic E-state index is 13.4. The molecule has 2 rings (SSSR count). The topological polar surface area (TPSA) is 64.4 Å². The first kappa shape index (κ1) is 15.2. The zero-order valence-electron chi connectivity index (χ0n) is 11.1. The van der Waals surface area contributed by atoms with E-state index in [9.17, 15) is 14.5 Å². The minimum atomic E-state index is -0.464. The van der Waals surface area contributed by atoms with Crippen LogP contribution in [-0.2, 0) is 6.61 Å². The maximum atomic E-state index is 13.4. The van der Waals surface area contributed by atoms with Gasteiger partial charge in [0.15, 0.2) is 0 Å². The molecule has 0 radical (unpaired) electrons. The third-order valence-electron chi connectivity index (χ3n) is 2.86. The number of nitro benzene ring substituents is 1. The molecular weight excluding hydrogens is 343 g/mol. The molecule has 21 heavy (non-hydrogen) atoms. The Morgan fingerprint density at radius 1 is 1.38 bits per heavy atom. The van der Waals surface area contributed by atoms with Crippen LogP contribution in [0, 0.1) is 15.9 Å². The lowest BCUT2D eigenvalue weighted by molar-refractivity contribution is -0.384. The Hall–Kier alpha value is -2.15. The first-order chi connectivity index (χ1) is 10.0. The van der Waals surface area contributed by atoms with Gasteiger partial charge in [-0.2, -0.15) is 0 Å². The summed E-state index contributed by atoms with van der Waals surface area (Å²) in [7, 11) is 1.60. The van der Waals surface area contributed by atoms with Crippen LogP contribution in [-0.4, -0.2) is 12.0 Å². The molecule has 5 nitrogen and oxygen atoms in total. The van der Waals surface area contributed by atoms with Crippen molar-refractivity contribution in [1.82, 2.24) is 0 Å². The van der Waals surface area contributed by atoms with Crippen molar-refractivity contribution in [2.24, 2.45) is 0 Å². The van der Waals surface area contributed by atoms with E-state index in [-0.39, 0.29) is 12.3 Å². The lowest BCUT2D eigenvalue weighted by Gasteiger charge is -2.11. The molecule has 0 aromatic heterocycles. The van der Waals surface area contributed by atoms with Gasteiger partial charge < -0.3 is 10.1 Å². The highest BCUT2D eigenvalue weighted by Gasteiger charge is 2.16. The molecule has 0 unspecified atom stereocenters. The first-order valence-corrected chi connectivity index (χ1v) is 6.84. The number of rotatable bonds is 5. The summed E-state index contributed by atoms with van der Waals surface area (Å²) in [6.07, 6.45) is 0. The van der Waals surface area contributed by atoms with Gasteiger partial charge in [0.2, 0.25) is 0 Å². The Labute approximate surface area is 129 Å². The molecule has 0 heterocycles. The van der Waals surface area contributed by atoms with Crippen LogP contribution in [0.5, 0.6) is 5.75 Å². The third kappa shape index (κ3) is 3.49. The molecule has 2 aromatic carbocycles. The Morgan fingerprint density at radius 3 is 2.76 bits per heavy atom. The van der Waals surface area contributed by atoms with Gasteiger partial charge in [-0.3, -0.25) is 10.1 Å². The van der Waals surface area contributed by atoms with Crippen molar-refractivity contribution in [3.8, 4) is 5.75 Å². The molecule has 0 aliphatic heterocycles. The largest absolute Gasteiger partial charge is 0.489 e. The predicted octanol–water partition coefficient (Wildman–Crippen LogP) is 4.12. The van der Waals surface area contributed by atoms with Crippen molar-refractivity contribution < 1.29 is 14.1 Å². The number of nitro groups is 1. The van der Waals surface area contributed by atoms with Gasteiger partial charge in [-0.25, -0.2) is 4.39 Å². The second-order valence-electron chi connectivity index (χ2n) is 4.18. The van der Waals surface area contributed by atoms with E-state index in [0.717, 1.165) is 0 Å². The molecule has 0 saturated heterocycles. The highest BCUT2D eigenvalue weighted by molar-refractivity contribution is 9.10. The highest BCUT2D eigenvalue weighted by atomic mass is 79.9. The first-order valence-electron chi connectivity index (χ1n) is 6.05. The van der Waals surface area contributed by atoms with Gasteiger partial charge >= 0.3 is 0 Å². The van der Waals surface area contributed by atoms with E-state index < -0.39 is 10.7 Å². The summed E-state index contributed by atoms with van der Waals surface area (Å²) in [5.41, 5.74) is 0.982. The van der Waals surface area contributed by atoms with Gasteiger partial charge in [0.1, 0.15) is 23.9 Å². The number of benzene rings is 2. The van der Waals surface area contributed by atoms with Crippen molar-refractivity contribution in [2.75, 3.05) is 12.4 Å². The average molecular weight is 355 g/mol. The maximum Gasteiger partial charge on any atom is 0.292 e. The van der Waals surface area contributed by atoms with Crippen molar-refractivity contribution in [1.29, 1.82) is 0 Å². The van der Waals surface area contributed by atoms with Gasteiger partial charge in [0.25, 0.3) is 5.69 Å². The Bertz CT molecular complexity index is 679. The van der Waals surface area contributed by atoms with Gasteiger partial charge in [0.05, 0.1) is 9.40 Å². The summed E-state index contributed by atoms with van der Waals surface area (Å²) in [6, 6.07) is 9.11. The second-order valence-corrected chi connectivity index (χ2v) is 5.04. The number of nitrogens with zero attached hydrogens (tertiary/aromatic N) is 1. The van der Waals surface area contributed by atoms with Gasteiger partial charge in [0, 0.05) is 24.7 Å². The van der Waals surface area contributed by atoms with Crippen molar-refractivity contribution in [3.63, 3.8) is 0 Å². The van der Waals surface area contributed by atoms with E-state index in [1.54, 1.807) is 25.2 Å². The standard InChI is InChI=1S/C14H12BrFN2O3/c1-17-14-9(3-2-4-13(14)18(19)20)8-21-10-5-6-11(15)12(16)7-10/h2-7,17H,8H2,1H3. The predicted molar refractivity (Wildman–Crippen MR) is 81.1 cm³/mol. The number of nitrogens with one attached hydrogen (secondary N) is 1. The summed E-state index contributed by atoms with van der Waals surface area (Å²) in [5.74, 6) is -0.0790. The lowest BCUT2D eigenvalue weighted by Crippen LogP contribution is -2.04. The molecular formula is C14H12BrFN2O3. The lowest BCUT2D eigenvalue weighted by atomic mass is 10.1. The highest BCUT2D eigenvalue weighted by Crippen LogP contribution is 2.29. The molecule has 0 fully saturated rings. The molecule has 0 amide bonds. The Morgan fingerprint density at radius 2 is 2.14 bits per heavy atom. The van der Waals surface area contributed by atoms with Crippen LogP contribution in [0.15, 0.2) is 40.9 Å². The summed E-state index contributed by atoms with van der Waals surface area (Å²) < 4.78 is 19.2. The Balaban J connectivity index is 2.21. The molecule has 7 heteroatoms. The van der Waals surface area contributed by atoms with E-state index in [2.05, 4.69) is 21.2 Å². The van der Waals surface area contributed by atoms with Crippen LogP contribution in [0.3, 0.4) is 0 Å². The van der Waals surface area contributed by atoms with Crippen LogP contribution in [0.1, 0.15) is 5.56 Å². The second kappa shape index (κ2) is 6.53. The fraction of sp³-hybridized carbons (Fsp3) is 0.143. The average Bonchev–Trinajstić information content (AvgIpc) is 2.47. The van der Waals surface area contributed by atoms with Gasteiger partial charge in [-0.1, -0.05) is 12.1 Å². The zero-order chi connectivity index (χ0) is 15.4. The summed E-state index contributed by atoms with van der Waals surface area (Å²) >= 11 is 3.06. The normalized spacial score (nSPS) is 10.2. The van der Waals surface area contributed by atoms with Crippen LogP contribution < -0.4 is 10.1 Å². The van der Waals surface area contributed by atoms with Crippen molar-refractivity contribution >= 4 is 27.3 Å². The monoisotopic (exact) mass is 354 g/mol. The molecule has 0 spiro atoms. The molecule has 110 valence electrons. The van der Waals surface area contributed by atoms with Crippen LogP contribution in [0.4, 0.5) is 15.8 Å². The quantitative estimate of drug-likeness (QED) is 0.647. The number of halogens is 2.